The molecule has 8 heteroatoms. The van der Waals surface area contributed by atoms with Crippen LogP contribution >= 0.6 is 0 Å². The van der Waals surface area contributed by atoms with E-state index < -0.39 is 0 Å². The Labute approximate surface area is 165 Å². The van der Waals surface area contributed by atoms with Crippen molar-refractivity contribution in [1.82, 2.24) is 30.4 Å². The SMILES string of the molecule is Cc1nc(CC2CCN(C(=O)[C@@H]3CCCN3)CC2)cc(Nc2cc(C)[nH]n2)n1. The molecule has 0 saturated carbocycles. The molecule has 0 bridgehead atoms. The molecular formula is C20H29N7O. The number of aryl methyl sites for hydroxylation is 2. The number of anilines is 2. The third-order valence-electron chi connectivity index (χ3n) is 5.64. The molecule has 2 aliphatic rings. The van der Waals surface area contributed by atoms with Crippen LogP contribution in [-0.4, -0.2) is 56.6 Å². The Morgan fingerprint density at radius 3 is 2.68 bits per heavy atom. The Balaban J connectivity index is 1.34. The Hall–Kier alpha value is -2.48. The summed E-state index contributed by atoms with van der Waals surface area (Å²) in [7, 11) is 0. The number of carbonyl (C=O) groups excluding carboxylic acids is 1. The highest BCUT2D eigenvalue weighted by atomic mass is 16.2. The van der Waals surface area contributed by atoms with Crippen molar-refractivity contribution in [2.45, 2.75) is 52.0 Å². The minimum absolute atomic E-state index is 0.0420. The number of aromatic nitrogens is 4. The third kappa shape index (κ3) is 4.49. The summed E-state index contributed by atoms with van der Waals surface area (Å²) in [6, 6.07) is 4.00. The van der Waals surface area contributed by atoms with Gasteiger partial charge in [-0.15, -0.1) is 0 Å². The standard InChI is InChI=1S/C20H29N7O/c1-13-10-19(26-25-13)24-18-12-16(22-14(2)23-18)11-15-5-8-27(9-6-15)20(28)17-4-3-7-21-17/h10,12,15,17,21H,3-9,11H2,1-2H3,(H2,22,23,24,25,26)/t17-/m0/s1. The van der Waals surface area contributed by atoms with E-state index in [1.165, 1.54) is 0 Å². The van der Waals surface area contributed by atoms with Crippen LogP contribution < -0.4 is 10.6 Å². The van der Waals surface area contributed by atoms with Gasteiger partial charge in [-0.05, 0) is 58.4 Å². The summed E-state index contributed by atoms with van der Waals surface area (Å²) in [5, 5.41) is 13.7. The number of piperidine rings is 1. The number of nitrogens with one attached hydrogen (secondary N) is 3. The number of aromatic amines is 1. The molecule has 2 aliphatic heterocycles. The Kier molecular flexibility index (Phi) is 5.57. The quantitative estimate of drug-likeness (QED) is 0.731. The molecule has 2 saturated heterocycles. The van der Waals surface area contributed by atoms with Gasteiger partial charge in [0.25, 0.3) is 0 Å². The van der Waals surface area contributed by atoms with E-state index in [2.05, 4.69) is 30.8 Å². The number of likely N-dealkylation sites (tertiary alicyclic amines) is 1. The minimum Gasteiger partial charge on any atom is -0.341 e. The molecule has 0 unspecified atom stereocenters. The van der Waals surface area contributed by atoms with Crippen LogP contribution in [0.4, 0.5) is 11.6 Å². The van der Waals surface area contributed by atoms with E-state index in [9.17, 15) is 4.79 Å². The Bertz CT molecular complexity index is 820. The zero-order chi connectivity index (χ0) is 19.5. The van der Waals surface area contributed by atoms with E-state index in [0.717, 1.165) is 80.6 Å². The van der Waals surface area contributed by atoms with Gasteiger partial charge in [-0.3, -0.25) is 9.89 Å². The normalized spacial score (nSPS) is 20.5. The zero-order valence-electron chi connectivity index (χ0n) is 16.7. The van der Waals surface area contributed by atoms with Crippen LogP contribution in [0.5, 0.6) is 0 Å². The van der Waals surface area contributed by atoms with Gasteiger partial charge in [-0.2, -0.15) is 5.10 Å². The van der Waals surface area contributed by atoms with Gasteiger partial charge >= 0.3 is 0 Å². The van der Waals surface area contributed by atoms with Gasteiger partial charge in [-0.25, -0.2) is 9.97 Å². The highest BCUT2D eigenvalue weighted by Crippen LogP contribution is 2.24. The maximum atomic E-state index is 12.6. The van der Waals surface area contributed by atoms with Crippen molar-refractivity contribution in [2.75, 3.05) is 25.0 Å². The van der Waals surface area contributed by atoms with E-state index in [1.807, 2.05) is 30.9 Å². The van der Waals surface area contributed by atoms with Gasteiger partial charge in [0.2, 0.25) is 5.91 Å². The second-order valence-corrected chi connectivity index (χ2v) is 7.97. The van der Waals surface area contributed by atoms with Gasteiger partial charge in [0.05, 0.1) is 6.04 Å². The highest BCUT2D eigenvalue weighted by Gasteiger charge is 2.30. The number of nitrogens with zero attached hydrogens (tertiary/aromatic N) is 4. The minimum atomic E-state index is 0.0420. The predicted octanol–water partition coefficient (Wildman–Crippen LogP) is 2.09. The third-order valence-corrected chi connectivity index (χ3v) is 5.64. The summed E-state index contributed by atoms with van der Waals surface area (Å²) in [6.45, 7) is 6.55. The first-order valence-corrected chi connectivity index (χ1v) is 10.2. The Morgan fingerprint density at radius 2 is 2.00 bits per heavy atom. The molecule has 4 rings (SSSR count). The van der Waals surface area contributed by atoms with Gasteiger partial charge < -0.3 is 15.5 Å². The molecule has 28 heavy (non-hydrogen) atoms. The van der Waals surface area contributed by atoms with Crippen LogP contribution in [0.15, 0.2) is 12.1 Å². The highest BCUT2D eigenvalue weighted by molar-refractivity contribution is 5.82. The van der Waals surface area contributed by atoms with E-state index in [0.29, 0.717) is 5.92 Å². The Morgan fingerprint density at radius 1 is 1.18 bits per heavy atom. The smallest absolute Gasteiger partial charge is 0.239 e. The van der Waals surface area contributed by atoms with Crippen molar-refractivity contribution < 1.29 is 4.79 Å². The molecule has 2 aromatic heterocycles. The molecule has 0 aromatic carbocycles. The first-order chi connectivity index (χ1) is 13.6. The van der Waals surface area contributed by atoms with Crippen molar-refractivity contribution in [3.63, 3.8) is 0 Å². The summed E-state index contributed by atoms with van der Waals surface area (Å²) in [5.74, 6) is 3.12. The van der Waals surface area contributed by atoms with Crippen LogP contribution in [-0.2, 0) is 11.2 Å². The fraction of sp³-hybridized carbons (Fsp3) is 0.600. The molecule has 150 valence electrons. The van der Waals surface area contributed by atoms with Crippen molar-refractivity contribution in [2.24, 2.45) is 5.92 Å². The molecule has 2 aromatic rings. The summed E-state index contributed by atoms with van der Waals surface area (Å²) in [4.78, 5) is 23.7. The van der Waals surface area contributed by atoms with Crippen LogP contribution in [0.1, 0.15) is 42.9 Å². The lowest BCUT2D eigenvalue weighted by Gasteiger charge is -2.33. The van der Waals surface area contributed by atoms with Crippen LogP contribution in [0, 0.1) is 19.8 Å². The second kappa shape index (κ2) is 8.26. The number of hydrogen-bond donors (Lipinski definition) is 3. The molecule has 2 fully saturated rings. The summed E-state index contributed by atoms with van der Waals surface area (Å²) in [5.41, 5.74) is 2.05. The maximum Gasteiger partial charge on any atom is 0.239 e. The molecule has 0 radical (unpaired) electrons. The van der Waals surface area contributed by atoms with Gasteiger partial charge in [0, 0.05) is 36.6 Å². The average Bonchev–Trinajstić information content (AvgIpc) is 3.33. The summed E-state index contributed by atoms with van der Waals surface area (Å²) < 4.78 is 0. The van der Waals surface area contributed by atoms with E-state index in [1.54, 1.807) is 0 Å². The summed E-state index contributed by atoms with van der Waals surface area (Å²) >= 11 is 0. The fourth-order valence-corrected chi connectivity index (χ4v) is 4.18. The van der Waals surface area contributed by atoms with Crippen LogP contribution in [0.2, 0.25) is 0 Å². The van der Waals surface area contributed by atoms with Gasteiger partial charge in [0.15, 0.2) is 5.82 Å². The topological polar surface area (TPSA) is 98.8 Å². The van der Waals surface area contributed by atoms with Crippen molar-refractivity contribution >= 4 is 17.5 Å². The molecule has 1 atom stereocenters. The monoisotopic (exact) mass is 383 g/mol. The molecule has 8 nitrogen and oxygen atoms in total. The second-order valence-electron chi connectivity index (χ2n) is 7.97. The predicted molar refractivity (Wildman–Crippen MR) is 107 cm³/mol. The van der Waals surface area contributed by atoms with Crippen LogP contribution in [0.3, 0.4) is 0 Å². The lowest BCUT2D eigenvalue weighted by molar-refractivity contribution is -0.134. The molecule has 0 aliphatic carbocycles. The fourth-order valence-electron chi connectivity index (χ4n) is 4.18. The van der Waals surface area contributed by atoms with Crippen molar-refractivity contribution in [1.29, 1.82) is 0 Å². The maximum absolute atomic E-state index is 12.6. The van der Waals surface area contributed by atoms with Crippen LogP contribution in [0.25, 0.3) is 0 Å². The number of carbonyl (C=O) groups is 1. The zero-order valence-corrected chi connectivity index (χ0v) is 16.7. The molecule has 4 heterocycles. The lowest BCUT2D eigenvalue weighted by atomic mass is 9.91. The number of hydrogen-bond acceptors (Lipinski definition) is 6. The number of H-pyrrole nitrogens is 1. The van der Waals surface area contributed by atoms with E-state index >= 15 is 0 Å². The summed E-state index contributed by atoms with van der Waals surface area (Å²) in [6.07, 6.45) is 5.06. The van der Waals surface area contributed by atoms with Crippen molar-refractivity contribution in [3.05, 3.63) is 29.3 Å². The number of amides is 1. The lowest BCUT2D eigenvalue weighted by Crippen LogP contribution is -2.47. The first-order valence-electron chi connectivity index (χ1n) is 10.2. The first kappa shape index (κ1) is 18.9. The average molecular weight is 384 g/mol. The molecule has 0 spiro atoms. The number of rotatable bonds is 5. The van der Waals surface area contributed by atoms with E-state index in [4.69, 9.17) is 0 Å². The molecule has 3 N–H and O–H groups in total. The molecule has 1 amide bonds. The largest absolute Gasteiger partial charge is 0.341 e. The van der Waals surface area contributed by atoms with Gasteiger partial charge in [-0.1, -0.05) is 0 Å². The van der Waals surface area contributed by atoms with Crippen molar-refractivity contribution in [3.8, 4) is 0 Å². The molecular weight excluding hydrogens is 354 g/mol. The van der Waals surface area contributed by atoms with E-state index in [-0.39, 0.29) is 11.9 Å². The van der Waals surface area contributed by atoms with Gasteiger partial charge in [0.1, 0.15) is 11.6 Å².